The number of imide groups is 1. The van der Waals surface area contributed by atoms with Crippen LogP contribution < -0.4 is 20.1 Å². The van der Waals surface area contributed by atoms with Crippen LogP contribution in [0.5, 0.6) is 11.5 Å². The van der Waals surface area contributed by atoms with Gasteiger partial charge >= 0.3 is 6.03 Å². The highest BCUT2D eigenvalue weighted by atomic mass is 19.1. The summed E-state index contributed by atoms with van der Waals surface area (Å²) in [5.74, 6) is -0.532. The van der Waals surface area contributed by atoms with Crippen molar-refractivity contribution in [2.45, 2.75) is 19.0 Å². The maximum Gasteiger partial charge on any atom is 0.325 e. The number of urea groups is 1. The molecule has 2 aromatic carbocycles. The van der Waals surface area contributed by atoms with E-state index in [1.54, 1.807) is 43.3 Å². The molecule has 156 valence electrons. The molecule has 9 heteroatoms. The van der Waals surface area contributed by atoms with Crippen molar-refractivity contribution in [3.05, 3.63) is 59.4 Å². The number of carbonyl (C=O) groups is 3. The predicted molar refractivity (Wildman–Crippen MR) is 103 cm³/mol. The van der Waals surface area contributed by atoms with E-state index in [9.17, 15) is 18.8 Å². The van der Waals surface area contributed by atoms with Gasteiger partial charge in [0.25, 0.3) is 5.91 Å². The Morgan fingerprint density at radius 3 is 2.67 bits per heavy atom. The summed E-state index contributed by atoms with van der Waals surface area (Å²) in [6.45, 7) is 1.88. The monoisotopic (exact) mass is 413 g/mol. The Kier molecular flexibility index (Phi) is 5.03. The third-order valence-corrected chi connectivity index (χ3v) is 5.13. The summed E-state index contributed by atoms with van der Waals surface area (Å²) in [5, 5.41) is 5.17. The van der Waals surface area contributed by atoms with Gasteiger partial charge < -0.3 is 20.1 Å². The van der Waals surface area contributed by atoms with Gasteiger partial charge in [0.15, 0.2) is 11.5 Å². The van der Waals surface area contributed by atoms with E-state index < -0.39 is 35.7 Å². The van der Waals surface area contributed by atoms with Crippen molar-refractivity contribution in [3.8, 4) is 11.5 Å². The van der Waals surface area contributed by atoms with Gasteiger partial charge in [-0.2, -0.15) is 0 Å². The molecule has 0 aliphatic carbocycles. The fourth-order valence-corrected chi connectivity index (χ4v) is 3.43. The Labute approximate surface area is 171 Å². The fraction of sp³-hybridized carbons (Fsp3) is 0.286. The van der Waals surface area contributed by atoms with Gasteiger partial charge in [-0.25, -0.2) is 9.18 Å². The Morgan fingerprint density at radius 2 is 1.90 bits per heavy atom. The summed E-state index contributed by atoms with van der Waals surface area (Å²) in [6.07, 6.45) is 0. The van der Waals surface area contributed by atoms with Crippen LogP contribution in [0, 0.1) is 5.82 Å². The molecule has 2 aliphatic rings. The molecule has 0 saturated carbocycles. The zero-order chi connectivity index (χ0) is 21.3. The third kappa shape index (κ3) is 3.54. The first-order valence-corrected chi connectivity index (χ1v) is 9.43. The quantitative estimate of drug-likeness (QED) is 0.727. The number of carbonyl (C=O) groups excluding carboxylic acids is 3. The number of rotatable bonds is 5. The topological polar surface area (TPSA) is 97.0 Å². The fourth-order valence-electron chi connectivity index (χ4n) is 3.43. The molecule has 0 spiro atoms. The second kappa shape index (κ2) is 7.66. The minimum absolute atomic E-state index is 0.0470. The van der Waals surface area contributed by atoms with E-state index in [-0.39, 0.29) is 6.54 Å². The maximum absolute atomic E-state index is 13.7. The first-order valence-electron chi connectivity index (χ1n) is 9.43. The Morgan fingerprint density at radius 1 is 1.17 bits per heavy atom. The Balaban J connectivity index is 1.46. The molecule has 1 atom stereocenters. The van der Waals surface area contributed by atoms with Gasteiger partial charge in [-0.05, 0) is 30.7 Å². The average Bonchev–Trinajstić information content (AvgIpc) is 2.96. The molecular weight excluding hydrogens is 393 g/mol. The SMILES string of the molecule is C[C@@]1(c2ccc3c(c2)OCCO3)NC(=O)N(CC(=O)NCc2ccccc2F)C1=O. The molecule has 30 heavy (non-hydrogen) atoms. The number of nitrogens with one attached hydrogen (secondary N) is 2. The van der Waals surface area contributed by atoms with Crippen LogP contribution in [0.4, 0.5) is 9.18 Å². The van der Waals surface area contributed by atoms with E-state index in [1.807, 2.05) is 0 Å². The number of hydrogen-bond acceptors (Lipinski definition) is 5. The normalized spacial score (nSPS) is 20.1. The lowest BCUT2D eigenvalue weighted by Gasteiger charge is -2.25. The standard InChI is InChI=1S/C21H20FN3O5/c1-21(14-6-7-16-17(10-14)30-9-8-29-16)19(27)25(20(28)24-21)12-18(26)23-11-13-4-2-3-5-15(13)22/h2-7,10H,8-9,11-12H2,1H3,(H,23,26)(H,24,28)/t21-/m0/s1. The molecule has 0 radical (unpaired) electrons. The lowest BCUT2D eigenvalue weighted by Crippen LogP contribution is -2.43. The van der Waals surface area contributed by atoms with Crippen molar-refractivity contribution in [1.29, 1.82) is 0 Å². The van der Waals surface area contributed by atoms with Gasteiger partial charge in [-0.3, -0.25) is 14.5 Å². The molecule has 1 saturated heterocycles. The molecule has 0 unspecified atom stereocenters. The average molecular weight is 413 g/mol. The number of halogens is 1. The number of nitrogens with zero attached hydrogens (tertiary/aromatic N) is 1. The Bertz CT molecular complexity index is 1030. The van der Waals surface area contributed by atoms with Crippen LogP contribution in [0.2, 0.25) is 0 Å². The number of benzene rings is 2. The summed E-state index contributed by atoms with van der Waals surface area (Å²) < 4.78 is 24.7. The first kappa shape index (κ1) is 19.7. The number of hydrogen-bond donors (Lipinski definition) is 2. The number of fused-ring (bicyclic) bond motifs is 1. The van der Waals surface area contributed by atoms with Crippen molar-refractivity contribution in [1.82, 2.24) is 15.5 Å². The smallest absolute Gasteiger partial charge is 0.325 e. The summed E-state index contributed by atoms with van der Waals surface area (Å²) >= 11 is 0. The van der Waals surface area contributed by atoms with Crippen LogP contribution in [0.25, 0.3) is 0 Å². The lowest BCUT2D eigenvalue weighted by atomic mass is 9.91. The number of ether oxygens (including phenoxy) is 2. The van der Waals surface area contributed by atoms with Gasteiger partial charge in [0.2, 0.25) is 5.91 Å². The van der Waals surface area contributed by atoms with E-state index in [2.05, 4.69) is 10.6 Å². The molecule has 2 aliphatic heterocycles. The second-order valence-corrected chi connectivity index (χ2v) is 7.17. The van der Waals surface area contributed by atoms with Crippen LogP contribution in [0.15, 0.2) is 42.5 Å². The Hall–Kier alpha value is -3.62. The van der Waals surface area contributed by atoms with E-state index in [1.165, 1.54) is 6.07 Å². The highest BCUT2D eigenvalue weighted by Gasteiger charge is 2.49. The molecule has 0 bridgehead atoms. The summed E-state index contributed by atoms with van der Waals surface area (Å²) in [7, 11) is 0. The van der Waals surface area contributed by atoms with E-state index >= 15 is 0 Å². The third-order valence-electron chi connectivity index (χ3n) is 5.13. The van der Waals surface area contributed by atoms with Gasteiger partial charge in [0, 0.05) is 12.1 Å². The molecule has 1 fully saturated rings. The van der Waals surface area contributed by atoms with Crippen LogP contribution in [0.3, 0.4) is 0 Å². The van der Waals surface area contributed by atoms with Crippen LogP contribution in [-0.2, 0) is 21.7 Å². The zero-order valence-corrected chi connectivity index (χ0v) is 16.2. The maximum atomic E-state index is 13.7. The van der Waals surface area contributed by atoms with Crippen LogP contribution >= 0.6 is 0 Å². The molecule has 4 rings (SSSR count). The minimum Gasteiger partial charge on any atom is -0.486 e. The molecule has 2 aromatic rings. The summed E-state index contributed by atoms with van der Waals surface area (Å²) in [4.78, 5) is 38.5. The van der Waals surface area contributed by atoms with E-state index in [0.29, 0.717) is 35.8 Å². The van der Waals surface area contributed by atoms with Crippen molar-refractivity contribution >= 4 is 17.8 Å². The van der Waals surface area contributed by atoms with Gasteiger partial charge in [-0.15, -0.1) is 0 Å². The van der Waals surface area contributed by atoms with Crippen molar-refractivity contribution in [3.63, 3.8) is 0 Å². The molecular formula is C21H20FN3O5. The van der Waals surface area contributed by atoms with Gasteiger partial charge in [0.1, 0.15) is 31.1 Å². The van der Waals surface area contributed by atoms with Gasteiger partial charge in [-0.1, -0.05) is 24.3 Å². The zero-order valence-electron chi connectivity index (χ0n) is 16.2. The van der Waals surface area contributed by atoms with Crippen molar-refractivity contribution in [2.24, 2.45) is 0 Å². The van der Waals surface area contributed by atoms with E-state index in [4.69, 9.17) is 9.47 Å². The predicted octanol–water partition coefficient (Wildman–Crippen LogP) is 1.68. The summed E-state index contributed by atoms with van der Waals surface area (Å²) in [6, 6.07) is 10.4. The van der Waals surface area contributed by atoms with E-state index in [0.717, 1.165) is 4.90 Å². The van der Waals surface area contributed by atoms with Crippen LogP contribution in [0.1, 0.15) is 18.1 Å². The van der Waals surface area contributed by atoms with Crippen molar-refractivity contribution < 1.29 is 28.2 Å². The molecule has 8 nitrogen and oxygen atoms in total. The minimum atomic E-state index is -1.35. The highest BCUT2D eigenvalue weighted by molar-refractivity contribution is 6.09. The number of amides is 4. The highest BCUT2D eigenvalue weighted by Crippen LogP contribution is 2.36. The largest absolute Gasteiger partial charge is 0.486 e. The second-order valence-electron chi connectivity index (χ2n) is 7.17. The van der Waals surface area contributed by atoms with Crippen molar-refractivity contribution in [2.75, 3.05) is 19.8 Å². The first-order chi connectivity index (χ1) is 14.4. The molecule has 2 heterocycles. The molecule has 4 amide bonds. The van der Waals surface area contributed by atoms with Crippen LogP contribution in [-0.4, -0.2) is 42.5 Å². The molecule has 0 aromatic heterocycles. The lowest BCUT2D eigenvalue weighted by molar-refractivity contribution is -0.134. The molecule has 2 N–H and O–H groups in total. The summed E-state index contributed by atoms with van der Waals surface area (Å²) in [5.41, 5.74) is -0.526. The van der Waals surface area contributed by atoms with Gasteiger partial charge in [0.05, 0.1) is 0 Å².